The molecule has 0 saturated heterocycles. The van der Waals surface area contributed by atoms with Gasteiger partial charge in [-0.1, -0.05) is 179 Å². The third kappa shape index (κ3) is 19.2. The van der Waals surface area contributed by atoms with E-state index in [4.69, 9.17) is 0 Å². The molecule has 0 bridgehead atoms. The van der Waals surface area contributed by atoms with Crippen LogP contribution in [0.4, 0.5) is 5.69 Å². The highest BCUT2D eigenvalue weighted by Crippen LogP contribution is 2.21. The molecule has 256 valence electrons. The molecule has 0 aliphatic rings. The van der Waals surface area contributed by atoms with Crippen LogP contribution in [0.3, 0.4) is 0 Å². The number of rotatable bonds is 9. The summed E-state index contributed by atoms with van der Waals surface area (Å²) in [6.07, 6.45) is 11.6. The van der Waals surface area contributed by atoms with Crippen LogP contribution < -0.4 is 5.32 Å². The third-order valence-electron chi connectivity index (χ3n) is 7.00. The fourth-order valence-corrected chi connectivity index (χ4v) is 4.10. The number of nitrogens with zero attached hydrogens (tertiary/aromatic N) is 1. The molecule has 1 N–H and O–H groups in total. The molecule has 0 amide bonds. The van der Waals surface area contributed by atoms with Gasteiger partial charge in [0, 0.05) is 23.8 Å². The maximum Gasteiger partial charge on any atom is 0.0387 e. The van der Waals surface area contributed by atoms with Gasteiger partial charge in [0.25, 0.3) is 0 Å². The van der Waals surface area contributed by atoms with Gasteiger partial charge in [0.05, 0.1) is 0 Å². The van der Waals surface area contributed by atoms with Crippen molar-refractivity contribution in [3.63, 3.8) is 0 Å². The van der Waals surface area contributed by atoms with E-state index in [0.717, 1.165) is 36.2 Å². The Balaban J connectivity index is 0. The van der Waals surface area contributed by atoms with Crippen LogP contribution in [0.1, 0.15) is 117 Å². The number of anilines is 1. The zero-order chi connectivity index (χ0) is 35.9. The molecular formula is C45H66N2. The normalized spacial score (nSPS) is 9.26. The first-order valence-corrected chi connectivity index (χ1v) is 17.7. The molecule has 0 fully saturated rings. The van der Waals surface area contributed by atoms with Gasteiger partial charge in [-0.25, -0.2) is 0 Å². The summed E-state index contributed by atoms with van der Waals surface area (Å²) >= 11 is 0. The maximum absolute atomic E-state index is 4.08. The van der Waals surface area contributed by atoms with Crippen molar-refractivity contribution >= 4 is 34.4 Å². The number of nitrogens with one attached hydrogen (secondary N) is 1. The number of aliphatic imine (C=N–C) groups is 1. The predicted molar refractivity (Wildman–Crippen MR) is 220 cm³/mol. The van der Waals surface area contributed by atoms with Gasteiger partial charge in [-0.2, -0.15) is 0 Å². The number of hydrogen-bond donors (Lipinski definition) is 1. The van der Waals surface area contributed by atoms with Gasteiger partial charge in [-0.3, -0.25) is 4.99 Å². The number of unbranched alkanes of at least 4 members (excludes halogenated alkanes) is 1. The van der Waals surface area contributed by atoms with E-state index >= 15 is 0 Å². The standard InChI is InChI=1S/C17H19N.C12H10.C8H15N.C4H10.2C2H6/c1-4-15-10-11-17(12-13(15)2)18-14(3)16-8-6-5-7-9-16;1-2-10-7-5-8-11-6-3-4-9-12(10)11;1-4-8(5-2)7-9-6-3;1-3-4-2;2*1-2/h5-12,18H,3-4H2,1-2H3;2-9H,1H2;6-7H,4-5H2,1-3H3;3-4H2,1-2H3;2*1-2H3. The lowest BCUT2D eigenvalue weighted by Gasteiger charge is -2.12. The average Bonchev–Trinajstić information content (AvgIpc) is 3.14. The van der Waals surface area contributed by atoms with Gasteiger partial charge in [0.2, 0.25) is 0 Å². The van der Waals surface area contributed by atoms with Crippen LogP contribution >= 0.6 is 0 Å². The van der Waals surface area contributed by atoms with E-state index < -0.39 is 0 Å². The molecule has 0 aliphatic heterocycles. The molecule has 0 atom stereocenters. The number of fused-ring (bicyclic) bond motifs is 1. The topological polar surface area (TPSA) is 24.4 Å². The molecule has 0 unspecified atom stereocenters. The molecule has 0 aliphatic carbocycles. The molecule has 0 aromatic heterocycles. The Hall–Kier alpha value is -4.17. The lowest BCUT2D eigenvalue weighted by molar-refractivity contribution is 0.886. The Bertz CT molecular complexity index is 1400. The molecule has 2 heteroatoms. The fourth-order valence-electron chi connectivity index (χ4n) is 4.10. The number of benzene rings is 4. The zero-order valence-electron chi connectivity index (χ0n) is 31.8. The molecular weight excluding hydrogens is 569 g/mol. The van der Waals surface area contributed by atoms with Crippen molar-refractivity contribution in [3.05, 3.63) is 138 Å². The SMILES string of the molecule is C=C(Nc1ccc(CC)c(C)c1)c1ccccc1.C=Cc1cccc2ccccc12.CC.CC.CC=NC=C(CC)CC.CCCC. The fraction of sp³-hybridized carbons (Fsp3) is 0.356. The minimum absolute atomic E-state index is 0.930. The molecule has 0 spiro atoms. The average molecular weight is 635 g/mol. The summed E-state index contributed by atoms with van der Waals surface area (Å²) in [4.78, 5) is 4.03. The minimum Gasteiger partial charge on any atom is -0.356 e. The van der Waals surface area contributed by atoms with E-state index in [9.17, 15) is 0 Å². The second-order valence-electron chi connectivity index (χ2n) is 10.1. The Kier molecular flexibility index (Phi) is 29.2. The van der Waals surface area contributed by atoms with Crippen molar-refractivity contribution in [2.24, 2.45) is 4.99 Å². The highest BCUT2D eigenvalue weighted by atomic mass is 14.9. The summed E-state index contributed by atoms with van der Waals surface area (Å²) in [6, 6.07) is 31.2. The Morgan fingerprint density at radius 3 is 1.83 bits per heavy atom. The van der Waals surface area contributed by atoms with E-state index in [1.807, 2.05) is 71.3 Å². The van der Waals surface area contributed by atoms with Crippen molar-refractivity contribution in [2.75, 3.05) is 5.32 Å². The molecule has 2 nitrogen and oxygen atoms in total. The smallest absolute Gasteiger partial charge is 0.0387 e. The monoisotopic (exact) mass is 635 g/mol. The molecule has 0 radical (unpaired) electrons. The van der Waals surface area contributed by atoms with Crippen LogP contribution in [0.15, 0.2) is 121 Å². The van der Waals surface area contributed by atoms with Crippen molar-refractivity contribution < 1.29 is 0 Å². The van der Waals surface area contributed by atoms with Crippen molar-refractivity contribution in [1.29, 1.82) is 0 Å². The lowest BCUT2D eigenvalue weighted by atomic mass is 10.1. The van der Waals surface area contributed by atoms with Gasteiger partial charge in [0.1, 0.15) is 0 Å². The Labute approximate surface area is 290 Å². The zero-order valence-corrected chi connectivity index (χ0v) is 31.8. The van der Waals surface area contributed by atoms with E-state index in [0.29, 0.717) is 0 Å². The number of hydrogen-bond acceptors (Lipinski definition) is 2. The van der Waals surface area contributed by atoms with Crippen LogP contribution in [0, 0.1) is 6.92 Å². The predicted octanol–water partition coefficient (Wildman–Crippen LogP) is 14.8. The number of allylic oxidation sites excluding steroid dienone is 1. The third-order valence-corrected chi connectivity index (χ3v) is 7.00. The van der Waals surface area contributed by atoms with Gasteiger partial charge >= 0.3 is 0 Å². The summed E-state index contributed by atoms with van der Waals surface area (Å²) in [5.41, 5.74) is 8.47. The first kappa shape index (κ1) is 45.0. The van der Waals surface area contributed by atoms with Crippen LogP contribution in [0.25, 0.3) is 22.5 Å². The van der Waals surface area contributed by atoms with Crippen molar-refractivity contribution in [1.82, 2.24) is 0 Å². The van der Waals surface area contributed by atoms with Crippen molar-refractivity contribution in [2.45, 2.75) is 108 Å². The molecule has 0 saturated carbocycles. The Morgan fingerprint density at radius 1 is 0.745 bits per heavy atom. The number of aryl methyl sites for hydroxylation is 2. The summed E-state index contributed by atoms with van der Waals surface area (Å²) in [7, 11) is 0. The van der Waals surface area contributed by atoms with Crippen LogP contribution in [-0.4, -0.2) is 6.21 Å². The Morgan fingerprint density at radius 2 is 1.32 bits per heavy atom. The summed E-state index contributed by atoms with van der Waals surface area (Å²) in [5, 5.41) is 5.90. The highest BCUT2D eigenvalue weighted by molar-refractivity contribution is 5.90. The molecule has 4 rings (SSSR count). The van der Waals surface area contributed by atoms with Crippen LogP contribution in [0.5, 0.6) is 0 Å². The van der Waals surface area contributed by atoms with Gasteiger partial charge < -0.3 is 5.32 Å². The second kappa shape index (κ2) is 30.5. The minimum atomic E-state index is 0.930. The van der Waals surface area contributed by atoms with Gasteiger partial charge in [-0.15, -0.1) is 0 Å². The van der Waals surface area contributed by atoms with E-state index in [-0.39, 0.29) is 0 Å². The molecule has 4 aromatic carbocycles. The molecule has 4 aromatic rings. The van der Waals surface area contributed by atoms with Gasteiger partial charge in [0.15, 0.2) is 0 Å². The summed E-state index contributed by atoms with van der Waals surface area (Å²) < 4.78 is 0. The van der Waals surface area contributed by atoms with Gasteiger partial charge in [-0.05, 0) is 78.3 Å². The summed E-state index contributed by atoms with van der Waals surface area (Å²) in [5.74, 6) is 0. The van der Waals surface area contributed by atoms with Crippen LogP contribution in [-0.2, 0) is 6.42 Å². The quantitative estimate of drug-likeness (QED) is 0.182. The molecule has 47 heavy (non-hydrogen) atoms. The van der Waals surface area contributed by atoms with Crippen LogP contribution in [0.2, 0.25) is 0 Å². The highest BCUT2D eigenvalue weighted by Gasteiger charge is 2.01. The summed E-state index contributed by atoms with van der Waals surface area (Å²) in [6.45, 7) is 30.8. The first-order valence-electron chi connectivity index (χ1n) is 17.7. The van der Waals surface area contributed by atoms with Crippen molar-refractivity contribution in [3.8, 4) is 0 Å². The van der Waals surface area contributed by atoms with E-state index in [1.54, 1.807) is 0 Å². The first-order chi connectivity index (χ1) is 22.9. The second-order valence-corrected chi connectivity index (χ2v) is 10.1. The largest absolute Gasteiger partial charge is 0.356 e. The van der Waals surface area contributed by atoms with E-state index in [1.165, 1.54) is 45.9 Å². The van der Waals surface area contributed by atoms with E-state index in [2.05, 4.69) is 138 Å². The maximum atomic E-state index is 4.08. The lowest BCUT2D eigenvalue weighted by Crippen LogP contribution is -1.98. The molecule has 0 heterocycles.